The molecular weight excluding hydrogens is 318 g/mol. The first kappa shape index (κ1) is 13.8. The van der Waals surface area contributed by atoms with Gasteiger partial charge >= 0.3 is 0 Å². The Morgan fingerprint density at radius 2 is 1.86 bits per heavy atom. The van der Waals surface area contributed by atoms with E-state index in [4.69, 9.17) is 16.4 Å². The predicted octanol–water partition coefficient (Wildman–Crippen LogP) is 4.12. The normalized spacial score (nSPS) is 25.0. The molecule has 2 heterocycles. The van der Waals surface area contributed by atoms with Gasteiger partial charge in [0, 0.05) is 5.02 Å². The zero-order valence-electron chi connectivity index (χ0n) is 11.4. The Bertz CT molecular complexity index is 746. The van der Waals surface area contributed by atoms with E-state index in [-0.39, 0.29) is 11.4 Å². The zero-order chi connectivity index (χ0) is 14.9. The van der Waals surface area contributed by atoms with Crippen molar-refractivity contribution in [1.82, 2.24) is 5.48 Å². The quantitative estimate of drug-likeness (QED) is 0.901. The summed E-state index contributed by atoms with van der Waals surface area (Å²) in [6.07, 6.45) is -0.0931. The van der Waals surface area contributed by atoms with Crippen LogP contribution >= 0.6 is 23.4 Å². The van der Waals surface area contributed by atoms with Crippen LogP contribution < -0.4 is 5.48 Å². The van der Waals surface area contributed by atoms with Crippen LogP contribution in [0.15, 0.2) is 64.6 Å². The number of nitrogens with zero attached hydrogens (tertiary/aromatic N) is 2. The van der Waals surface area contributed by atoms with Gasteiger partial charge in [-0.3, -0.25) is 10.3 Å². The van der Waals surface area contributed by atoms with Crippen molar-refractivity contribution < 1.29 is 4.84 Å². The summed E-state index contributed by atoms with van der Waals surface area (Å²) in [5, 5.41) is 1.57. The van der Waals surface area contributed by atoms with Crippen molar-refractivity contribution in [2.75, 3.05) is 0 Å². The van der Waals surface area contributed by atoms with Gasteiger partial charge in [0.05, 0.1) is 5.69 Å². The largest absolute Gasteiger partial charge is 0.265 e. The second-order valence-electron chi connectivity index (χ2n) is 4.96. The lowest BCUT2D eigenvalue weighted by atomic mass is 10.1. The maximum absolute atomic E-state index is 5.94. The first-order valence-electron chi connectivity index (χ1n) is 6.86. The summed E-state index contributed by atoms with van der Waals surface area (Å²) in [6.45, 7) is 0. The van der Waals surface area contributed by atoms with E-state index in [0.29, 0.717) is 5.02 Å². The molecule has 2 aromatic carbocycles. The van der Waals surface area contributed by atoms with Crippen LogP contribution in [0.5, 0.6) is 0 Å². The molecular formula is C16H12ClN3OS. The second-order valence-corrected chi connectivity index (χ2v) is 6.50. The molecule has 1 N–H and O–H groups in total. The van der Waals surface area contributed by atoms with Gasteiger partial charge in [-0.2, -0.15) is 0 Å². The molecule has 22 heavy (non-hydrogen) atoms. The van der Waals surface area contributed by atoms with Crippen LogP contribution in [0.1, 0.15) is 11.7 Å². The third-order valence-electron chi connectivity index (χ3n) is 3.46. The molecule has 4 nitrogen and oxygen atoms in total. The van der Waals surface area contributed by atoms with E-state index in [2.05, 4.69) is 15.5 Å². The molecule has 0 radical (unpaired) electrons. The number of benzene rings is 2. The van der Waals surface area contributed by atoms with Crippen LogP contribution in [-0.4, -0.2) is 16.3 Å². The van der Waals surface area contributed by atoms with Gasteiger partial charge in [0.25, 0.3) is 0 Å². The molecule has 2 atom stereocenters. The minimum atomic E-state index is -0.0931. The van der Waals surface area contributed by atoms with Gasteiger partial charge in [-0.15, -0.1) is 0 Å². The number of halogens is 1. The Kier molecular flexibility index (Phi) is 3.62. The smallest absolute Gasteiger partial charge is 0.190 e. The fourth-order valence-electron chi connectivity index (χ4n) is 2.39. The van der Waals surface area contributed by atoms with Gasteiger partial charge < -0.3 is 0 Å². The van der Waals surface area contributed by atoms with Crippen molar-refractivity contribution in [3.8, 4) is 0 Å². The van der Waals surface area contributed by atoms with Gasteiger partial charge in [0.2, 0.25) is 0 Å². The monoisotopic (exact) mass is 329 g/mol. The van der Waals surface area contributed by atoms with Crippen LogP contribution in [0.3, 0.4) is 0 Å². The number of fused-ring (bicyclic) bond motifs is 1. The second kappa shape index (κ2) is 5.76. The molecule has 0 bridgehead atoms. The van der Waals surface area contributed by atoms with E-state index in [0.717, 1.165) is 22.3 Å². The number of hydrogen-bond donors (Lipinski definition) is 1. The highest BCUT2D eigenvalue weighted by molar-refractivity contribution is 8.15. The van der Waals surface area contributed by atoms with Crippen molar-refractivity contribution in [1.29, 1.82) is 0 Å². The molecule has 0 aliphatic carbocycles. The van der Waals surface area contributed by atoms with Crippen LogP contribution in [-0.2, 0) is 4.84 Å². The molecule has 2 aliphatic heterocycles. The molecule has 4 rings (SSSR count). The lowest BCUT2D eigenvalue weighted by molar-refractivity contribution is 0.0467. The maximum atomic E-state index is 5.94. The summed E-state index contributed by atoms with van der Waals surface area (Å²) in [5.74, 6) is 0.819. The Morgan fingerprint density at radius 3 is 2.64 bits per heavy atom. The van der Waals surface area contributed by atoms with Crippen LogP contribution in [0, 0.1) is 0 Å². The molecule has 0 amide bonds. The minimum absolute atomic E-state index is 0.0931. The van der Waals surface area contributed by atoms with E-state index in [1.165, 1.54) is 0 Å². The first-order valence-corrected chi connectivity index (χ1v) is 8.11. The molecule has 0 saturated carbocycles. The highest BCUT2D eigenvalue weighted by Crippen LogP contribution is 2.39. The summed E-state index contributed by atoms with van der Waals surface area (Å²) in [6, 6.07) is 17.5. The Labute approximate surface area is 137 Å². The van der Waals surface area contributed by atoms with Crippen LogP contribution in [0.4, 0.5) is 5.69 Å². The number of nitrogens with one attached hydrogen (secondary N) is 1. The topological polar surface area (TPSA) is 46.0 Å². The summed E-state index contributed by atoms with van der Waals surface area (Å²) in [7, 11) is 0. The van der Waals surface area contributed by atoms with Crippen molar-refractivity contribution in [2.24, 2.45) is 9.98 Å². The molecule has 110 valence electrons. The zero-order valence-corrected chi connectivity index (χ0v) is 13.0. The number of hydroxylamine groups is 1. The van der Waals surface area contributed by atoms with Crippen LogP contribution in [0.25, 0.3) is 0 Å². The third-order valence-corrected chi connectivity index (χ3v) is 4.83. The average Bonchev–Trinajstić information content (AvgIpc) is 3.09. The van der Waals surface area contributed by atoms with Crippen molar-refractivity contribution >= 4 is 40.1 Å². The third kappa shape index (κ3) is 2.63. The number of aliphatic imine (C=N–C) groups is 2. The van der Waals surface area contributed by atoms with Crippen molar-refractivity contribution in [3.63, 3.8) is 0 Å². The Hall–Kier alpha value is -1.82. The number of para-hydroxylation sites is 1. The molecule has 0 unspecified atom stereocenters. The first-order chi connectivity index (χ1) is 10.8. The number of hydrogen-bond acceptors (Lipinski definition) is 4. The maximum Gasteiger partial charge on any atom is 0.190 e. The predicted molar refractivity (Wildman–Crippen MR) is 90.8 cm³/mol. The summed E-state index contributed by atoms with van der Waals surface area (Å²) in [5.41, 5.74) is 4.88. The van der Waals surface area contributed by atoms with Gasteiger partial charge in [0.15, 0.2) is 5.17 Å². The van der Waals surface area contributed by atoms with Crippen molar-refractivity contribution in [3.05, 3.63) is 65.2 Å². The molecule has 0 spiro atoms. The average molecular weight is 330 g/mol. The van der Waals surface area contributed by atoms with Gasteiger partial charge in [0.1, 0.15) is 17.2 Å². The fraction of sp³-hybridized carbons (Fsp3) is 0.125. The highest BCUT2D eigenvalue weighted by Gasteiger charge is 2.41. The lowest BCUT2D eigenvalue weighted by Gasteiger charge is -2.13. The Balaban J connectivity index is 1.57. The number of thioether (sulfide) groups is 1. The minimum Gasteiger partial charge on any atom is -0.265 e. The summed E-state index contributed by atoms with van der Waals surface area (Å²) >= 11 is 7.55. The fourth-order valence-corrected chi connectivity index (χ4v) is 3.60. The molecule has 2 aromatic rings. The van der Waals surface area contributed by atoms with E-state index >= 15 is 0 Å². The molecule has 1 saturated heterocycles. The van der Waals surface area contributed by atoms with Gasteiger partial charge in [-0.25, -0.2) is 9.98 Å². The van der Waals surface area contributed by atoms with Gasteiger partial charge in [-0.1, -0.05) is 53.7 Å². The van der Waals surface area contributed by atoms with E-state index < -0.39 is 0 Å². The van der Waals surface area contributed by atoms with Crippen LogP contribution in [0.2, 0.25) is 5.02 Å². The Morgan fingerprint density at radius 1 is 1.09 bits per heavy atom. The SMILES string of the molecule is Clc1ccc([C@@H]2ONC3=NC(=Nc4ccccc4)S[C@@H]32)cc1. The summed E-state index contributed by atoms with van der Waals surface area (Å²) < 4.78 is 0. The van der Waals surface area contributed by atoms with Crippen molar-refractivity contribution in [2.45, 2.75) is 11.4 Å². The van der Waals surface area contributed by atoms with E-state index in [9.17, 15) is 0 Å². The molecule has 0 aromatic heterocycles. The van der Waals surface area contributed by atoms with E-state index in [1.807, 2.05) is 54.6 Å². The number of amidine groups is 2. The molecule has 2 aliphatic rings. The standard InChI is InChI=1S/C16H12ClN3OS/c17-11-8-6-10(7-9-11)13-14-15(20-21-13)19-16(22-14)18-12-4-2-1-3-5-12/h1-9,13-14H,(H,18,19,20)/t13-,14+/m0/s1. The van der Waals surface area contributed by atoms with E-state index in [1.54, 1.807) is 11.8 Å². The molecule has 1 fully saturated rings. The highest BCUT2D eigenvalue weighted by atomic mass is 35.5. The summed E-state index contributed by atoms with van der Waals surface area (Å²) in [4.78, 5) is 14.7. The molecule has 6 heteroatoms. The lowest BCUT2D eigenvalue weighted by Crippen LogP contribution is -2.17. The number of rotatable bonds is 2. The van der Waals surface area contributed by atoms with Gasteiger partial charge in [-0.05, 0) is 29.8 Å².